The van der Waals surface area contributed by atoms with E-state index in [0.717, 1.165) is 0 Å². The van der Waals surface area contributed by atoms with E-state index in [4.69, 9.17) is 9.47 Å². The summed E-state index contributed by atoms with van der Waals surface area (Å²) in [6.45, 7) is 0.361. The molecule has 2 aliphatic rings. The molecule has 3 aromatic rings. The highest BCUT2D eigenvalue weighted by atomic mass is 32.1. The average Bonchev–Trinajstić information content (AvgIpc) is 3.60. The van der Waals surface area contributed by atoms with E-state index in [9.17, 15) is 14.4 Å². The van der Waals surface area contributed by atoms with Gasteiger partial charge in [-0.2, -0.15) is 0 Å². The second-order valence-corrected chi connectivity index (χ2v) is 10.8. The van der Waals surface area contributed by atoms with Crippen LogP contribution in [0.25, 0.3) is 0 Å². The van der Waals surface area contributed by atoms with E-state index in [1.165, 1.54) is 36.9 Å². The maximum atomic E-state index is 14.7. The topological polar surface area (TPSA) is 115 Å². The first-order valence-corrected chi connectivity index (χ1v) is 13.0. The van der Waals surface area contributed by atoms with E-state index in [2.05, 4.69) is 15.0 Å². The van der Waals surface area contributed by atoms with Crippen LogP contribution in [0.2, 0.25) is 0 Å². The molecule has 2 saturated heterocycles. The molecule has 0 spiro atoms. The minimum Gasteiger partial charge on any atom is -0.468 e. The third kappa shape index (κ3) is 3.51. The third-order valence-corrected chi connectivity index (χ3v) is 8.64. The van der Waals surface area contributed by atoms with Crippen LogP contribution in [0, 0.1) is 10.8 Å². The molecule has 188 valence electrons. The molecule has 0 saturated carbocycles. The number of methoxy groups -OCH3 is 2. The summed E-state index contributed by atoms with van der Waals surface area (Å²) in [5.41, 5.74) is -2.74. The number of piperidine rings is 2. The summed E-state index contributed by atoms with van der Waals surface area (Å²) in [6.07, 6.45) is 4.96. The number of nitrogens with zero attached hydrogens (tertiary/aromatic N) is 5. The molecule has 4 atom stereocenters. The summed E-state index contributed by atoms with van der Waals surface area (Å²) in [4.78, 5) is 59.5. The Hall–Kier alpha value is -3.06. The van der Waals surface area contributed by atoms with E-state index in [1.54, 1.807) is 36.4 Å². The number of pyridine rings is 1. The van der Waals surface area contributed by atoms with Crippen LogP contribution in [0.3, 0.4) is 0 Å². The smallest absolute Gasteiger partial charge is 0.322 e. The zero-order valence-corrected chi connectivity index (χ0v) is 21.6. The van der Waals surface area contributed by atoms with Crippen LogP contribution in [0.4, 0.5) is 0 Å². The minimum absolute atomic E-state index is 0.0603. The summed E-state index contributed by atoms with van der Waals surface area (Å²) >= 11 is 2.69. The van der Waals surface area contributed by atoms with Crippen molar-refractivity contribution >= 4 is 40.4 Å². The molecule has 0 amide bonds. The number of fused-ring (bicyclic) bond motifs is 2. The van der Waals surface area contributed by atoms with Gasteiger partial charge in [-0.05, 0) is 19.2 Å². The number of Topliss-reactive ketones (excluding diaryl/α,β-unsaturated/α-hetero) is 1. The van der Waals surface area contributed by atoms with Gasteiger partial charge in [0.1, 0.15) is 10.0 Å². The molecule has 5 heterocycles. The van der Waals surface area contributed by atoms with Crippen molar-refractivity contribution in [3.05, 3.63) is 63.3 Å². The van der Waals surface area contributed by atoms with Gasteiger partial charge in [-0.25, -0.2) is 9.97 Å². The van der Waals surface area contributed by atoms with Crippen molar-refractivity contribution in [2.45, 2.75) is 18.6 Å². The normalized spacial score (nSPS) is 28.6. The molecule has 10 nitrogen and oxygen atoms in total. The number of hydrogen-bond donors (Lipinski definition) is 0. The van der Waals surface area contributed by atoms with Crippen molar-refractivity contribution in [3.63, 3.8) is 0 Å². The molecular formula is C24H25N5O5S2. The third-order valence-electron chi connectivity index (χ3n) is 6.99. The van der Waals surface area contributed by atoms with Crippen LogP contribution < -0.4 is 0 Å². The summed E-state index contributed by atoms with van der Waals surface area (Å²) in [5, 5.41) is 4.74. The van der Waals surface area contributed by atoms with Gasteiger partial charge >= 0.3 is 11.9 Å². The monoisotopic (exact) mass is 527 g/mol. The van der Waals surface area contributed by atoms with Gasteiger partial charge in [-0.1, -0.05) is 6.07 Å². The van der Waals surface area contributed by atoms with Gasteiger partial charge in [0, 0.05) is 49.0 Å². The second-order valence-electron chi connectivity index (χ2n) is 8.97. The second kappa shape index (κ2) is 9.43. The van der Waals surface area contributed by atoms with Crippen molar-refractivity contribution in [2.75, 3.05) is 34.4 Å². The molecule has 12 heteroatoms. The first kappa shape index (κ1) is 24.6. The van der Waals surface area contributed by atoms with E-state index in [-0.39, 0.29) is 19.6 Å². The maximum absolute atomic E-state index is 14.7. The standard InChI is InChI=1S/C24H25N5O5S2/c1-28-13-23(21(31)33-2)16(18-26-8-10-35-18)29(12-15-6-4-5-7-25-15)17(19-27-9-11-36-19)24(14-28,20(23)30)22(32)34-3/h4-11,16-17H,12-14H2,1-3H3. The van der Waals surface area contributed by atoms with Crippen LogP contribution in [-0.4, -0.2) is 76.8 Å². The quantitative estimate of drug-likeness (QED) is 0.349. The first-order chi connectivity index (χ1) is 17.4. The van der Waals surface area contributed by atoms with Crippen molar-refractivity contribution in [3.8, 4) is 0 Å². The van der Waals surface area contributed by atoms with Gasteiger partial charge in [0.2, 0.25) is 0 Å². The van der Waals surface area contributed by atoms with Gasteiger partial charge in [-0.15, -0.1) is 22.7 Å². The number of hydrogen-bond acceptors (Lipinski definition) is 12. The fourth-order valence-corrected chi connectivity index (χ4v) is 7.49. The number of likely N-dealkylation sites (tertiary alicyclic amines) is 2. The fourth-order valence-electron chi connectivity index (χ4n) is 5.79. The zero-order valence-electron chi connectivity index (χ0n) is 20.0. The molecule has 36 heavy (non-hydrogen) atoms. The van der Waals surface area contributed by atoms with Crippen molar-refractivity contribution in [1.29, 1.82) is 0 Å². The molecule has 0 aliphatic carbocycles. The van der Waals surface area contributed by atoms with E-state index >= 15 is 0 Å². The van der Waals surface area contributed by atoms with E-state index in [0.29, 0.717) is 15.7 Å². The minimum atomic E-state index is -1.73. The Kier molecular flexibility index (Phi) is 6.45. The lowest BCUT2D eigenvalue weighted by atomic mass is 9.55. The van der Waals surface area contributed by atoms with Crippen molar-refractivity contribution < 1.29 is 23.9 Å². The molecule has 0 radical (unpaired) electrons. The predicted octanol–water partition coefficient (Wildman–Crippen LogP) is 2.13. The van der Waals surface area contributed by atoms with Crippen LogP contribution in [0.5, 0.6) is 0 Å². The molecule has 2 fully saturated rings. The molecule has 2 bridgehead atoms. The van der Waals surface area contributed by atoms with Gasteiger partial charge in [0.15, 0.2) is 16.6 Å². The lowest BCUT2D eigenvalue weighted by molar-refractivity contribution is -0.205. The van der Waals surface area contributed by atoms with Crippen LogP contribution in [-0.2, 0) is 30.4 Å². The highest BCUT2D eigenvalue weighted by Crippen LogP contribution is 2.61. The Bertz CT molecular complexity index is 1180. The number of aromatic nitrogens is 3. The largest absolute Gasteiger partial charge is 0.468 e. The van der Waals surface area contributed by atoms with Gasteiger partial charge in [0.05, 0.1) is 32.0 Å². The number of carbonyl (C=O) groups is 3. The molecule has 3 aromatic heterocycles. The Balaban J connectivity index is 1.85. The average molecular weight is 528 g/mol. The molecule has 0 N–H and O–H groups in total. The van der Waals surface area contributed by atoms with Gasteiger partial charge < -0.3 is 14.4 Å². The highest BCUT2D eigenvalue weighted by Gasteiger charge is 2.76. The molecule has 5 rings (SSSR count). The number of ether oxygens (including phenoxy) is 2. The SMILES string of the molecule is COC(=O)C12CN(C)CC(C(=O)OC)(C1=O)C(c1nccs1)N(Cc1ccccn1)C2c1nccs1. The summed E-state index contributed by atoms with van der Waals surface area (Å²) < 4.78 is 10.6. The van der Waals surface area contributed by atoms with Crippen molar-refractivity contribution in [1.82, 2.24) is 24.8 Å². The van der Waals surface area contributed by atoms with Gasteiger partial charge in [0.25, 0.3) is 0 Å². The van der Waals surface area contributed by atoms with E-state index < -0.39 is 40.6 Å². The number of rotatable bonds is 6. The summed E-state index contributed by atoms with van der Waals surface area (Å²) in [6, 6.07) is 3.90. The molecule has 4 unspecified atom stereocenters. The zero-order chi connectivity index (χ0) is 25.5. The Morgan fingerprint density at radius 2 is 1.50 bits per heavy atom. The highest BCUT2D eigenvalue weighted by molar-refractivity contribution is 7.10. The number of carbonyl (C=O) groups excluding carboxylic acids is 3. The maximum Gasteiger partial charge on any atom is 0.322 e. The van der Waals surface area contributed by atoms with Crippen LogP contribution in [0.15, 0.2) is 47.5 Å². The number of thiazole rings is 2. The van der Waals surface area contributed by atoms with Crippen LogP contribution in [0.1, 0.15) is 27.8 Å². The molecule has 0 aromatic carbocycles. The molecular weight excluding hydrogens is 502 g/mol. The van der Waals surface area contributed by atoms with E-state index in [1.807, 2.05) is 28.0 Å². The number of esters is 2. The lowest BCUT2D eigenvalue weighted by Crippen LogP contribution is -2.75. The first-order valence-electron chi connectivity index (χ1n) is 11.2. The summed E-state index contributed by atoms with van der Waals surface area (Å²) in [5.74, 6) is -1.95. The van der Waals surface area contributed by atoms with Crippen LogP contribution >= 0.6 is 22.7 Å². The summed E-state index contributed by atoms with van der Waals surface area (Å²) in [7, 11) is 4.30. The Labute approximate surface area is 215 Å². The van der Waals surface area contributed by atoms with Crippen molar-refractivity contribution in [2.24, 2.45) is 10.8 Å². The van der Waals surface area contributed by atoms with Gasteiger partial charge in [-0.3, -0.25) is 24.3 Å². The molecule has 2 aliphatic heterocycles. The lowest BCUT2D eigenvalue weighted by Gasteiger charge is -2.60. The Morgan fingerprint density at radius 3 is 1.92 bits per heavy atom. The Morgan fingerprint density at radius 1 is 0.944 bits per heavy atom. The number of ketones is 1. The predicted molar refractivity (Wildman–Crippen MR) is 131 cm³/mol. The fraction of sp³-hybridized carbons (Fsp3) is 0.417.